The molecule has 0 aliphatic carbocycles. The van der Waals surface area contributed by atoms with Crippen molar-refractivity contribution in [3.63, 3.8) is 0 Å². The minimum absolute atomic E-state index is 0.215. The number of nitrogens with zero attached hydrogens (tertiary/aromatic N) is 1. The number of carbonyl (C=O) groups excluding carboxylic acids is 2. The first-order chi connectivity index (χ1) is 11.4. The summed E-state index contributed by atoms with van der Waals surface area (Å²) in [6.45, 7) is 4.76. The van der Waals surface area contributed by atoms with E-state index in [9.17, 15) is 9.59 Å². The minimum atomic E-state index is -1.26. The van der Waals surface area contributed by atoms with Crippen LogP contribution in [0.2, 0.25) is 0 Å². The van der Waals surface area contributed by atoms with Crippen molar-refractivity contribution in [3.05, 3.63) is 11.1 Å². The quantitative estimate of drug-likeness (QED) is 0.474. The lowest BCUT2D eigenvalue weighted by Gasteiger charge is -2.20. The summed E-state index contributed by atoms with van der Waals surface area (Å²) in [7, 11) is 0. The molecule has 0 aromatic carbocycles. The van der Waals surface area contributed by atoms with E-state index in [2.05, 4.69) is 11.9 Å². The number of hydrogen-bond acceptors (Lipinski definition) is 8. The topological polar surface area (TPSA) is 101 Å². The smallest absolute Gasteiger partial charge is 0.324 e. The second-order valence-electron chi connectivity index (χ2n) is 6.61. The molecule has 1 spiro atoms. The van der Waals surface area contributed by atoms with Gasteiger partial charge >= 0.3 is 11.9 Å². The molecule has 2 saturated heterocycles. The van der Waals surface area contributed by atoms with Crippen LogP contribution in [0.15, 0.2) is 5.38 Å². The van der Waals surface area contributed by atoms with E-state index < -0.39 is 29.1 Å². The van der Waals surface area contributed by atoms with E-state index in [0.29, 0.717) is 24.0 Å². The van der Waals surface area contributed by atoms with Crippen LogP contribution in [0.25, 0.3) is 0 Å². The van der Waals surface area contributed by atoms with Crippen molar-refractivity contribution in [3.8, 4) is 0 Å². The predicted octanol–water partition coefficient (Wildman–Crippen LogP) is 2.01. The molecule has 1 aromatic rings. The van der Waals surface area contributed by atoms with E-state index in [4.69, 9.17) is 19.9 Å². The molecule has 0 saturated carbocycles. The molecule has 1 aromatic heterocycles. The summed E-state index contributed by atoms with van der Waals surface area (Å²) >= 11 is 1.28. The fraction of sp³-hybridized carbons (Fsp3) is 0.688. The zero-order chi connectivity index (χ0) is 17.4. The van der Waals surface area contributed by atoms with Crippen molar-refractivity contribution >= 4 is 28.4 Å². The van der Waals surface area contributed by atoms with E-state index in [1.807, 2.05) is 0 Å². The number of nitrogen functional groups attached to an aromatic ring is 1. The average molecular weight is 354 g/mol. The lowest BCUT2D eigenvalue weighted by Crippen LogP contribution is -2.32. The predicted molar refractivity (Wildman–Crippen MR) is 87.2 cm³/mol. The summed E-state index contributed by atoms with van der Waals surface area (Å²) in [5.41, 5.74) is 4.03. The molecule has 0 amide bonds. The number of ether oxygens (including phenoxy) is 3. The fourth-order valence-electron chi connectivity index (χ4n) is 3.30. The molecule has 7 nitrogen and oxygen atoms in total. The summed E-state index contributed by atoms with van der Waals surface area (Å²) in [6.07, 6.45) is 2.08. The maximum Gasteiger partial charge on any atom is 0.324 e. The third-order valence-corrected chi connectivity index (χ3v) is 5.27. The number of cyclic esters (lactones) is 2. The van der Waals surface area contributed by atoms with Crippen molar-refractivity contribution in [1.82, 2.24) is 4.98 Å². The first kappa shape index (κ1) is 17.2. The van der Waals surface area contributed by atoms with Crippen molar-refractivity contribution in [2.75, 3.05) is 18.9 Å². The number of aromatic nitrogens is 1. The van der Waals surface area contributed by atoms with Crippen LogP contribution in [0.5, 0.6) is 0 Å². The molecule has 3 rings (SSSR count). The van der Waals surface area contributed by atoms with Crippen LogP contribution in [-0.4, -0.2) is 36.2 Å². The molecule has 0 bridgehead atoms. The van der Waals surface area contributed by atoms with E-state index >= 15 is 0 Å². The summed E-state index contributed by atoms with van der Waals surface area (Å²) < 4.78 is 16.5. The van der Waals surface area contributed by atoms with Gasteiger partial charge in [-0.25, -0.2) is 4.98 Å². The molecule has 0 unspecified atom stereocenters. The Morgan fingerprint density at radius 3 is 2.92 bits per heavy atom. The van der Waals surface area contributed by atoms with Gasteiger partial charge in [-0.3, -0.25) is 9.59 Å². The highest BCUT2D eigenvalue weighted by Gasteiger charge is 2.65. The fourth-order valence-corrected chi connectivity index (χ4v) is 3.99. The maximum atomic E-state index is 12.5. The van der Waals surface area contributed by atoms with Crippen LogP contribution in [-0.2, 0) is 29.4 Å². The first-order valence-electron chi connectivity index (χ1n) is 8.13. The number of thiazole rings is 1. The normalized spacial score (nSPS) is 32.3. The first-order valence-corrected chi connectivity index (χ1v) is 9.01. The van der Waals surface area contributed by atoms with Crippen molar-refractivity contribution in [1.29, 1.82) is 0 Å². The molecule has 2 N–H and O–H groups in total. The van der Waals surface area contributed by atoms with E-state index in [-0.39, 0.29) is 12.8 Å². The molecule has 2 aliphatic rings. The number of nitrogens with two attached hydrogens (primary N) is 1. The number of carbonyl (C=O) groups is 2. The number of esters is 2. The summed E-state index contributed by atoms with van der Waals surface area (Å²) in [6, 6.07) is 0. The third kappa shape index (κ3) is 2.88. The molecule has 8 heteroatoms. The standard InChI is InChI=1S/C16H22N2O5S/c1-3-4-5-21-7-10-6-16(12(19)22-10)9-15(2,23-13(16)20)11-8-24-14(17)18-11/h8,10H,3-7,9H2,1-2H3,(H2,17,18)/t10-,15-,16-/m0/s1. The molecule has 3 atom stereocenters. The highest BCUT2D eigenvalue weighted by molar-refractivity contribution is 7.13. The van der Waals surface area contributed by atoms with Crippen molar-refractivity contribution in [2.45, 2.75) is 51.2 Å². The van der Waals surface area contributed by atoms with Gasteiger partial charge in [-0.05, 0) is 13.3 Å². The Labute approximate surface area is 144 Å². The molecule has 2 aliphatic heterocycles. The zero-order valence-corrected chi connectivity index (χ0v) is 14.7. The van der Waals surface area contributed by atoms with Crippen LogP contribution in [0.4, 0.5) is 5.13 Å². The Morgan fingerprint density at radius 1 is 1.46 bits per heavy atom. The van der Waals surface area contributed by atoms with Gasteiger partial charge in [0.15, 0.2) is 16.1 Å². The monoisotopic (exact) mass is 354 g/mol. The molecular formula is C16H22N2O5S. The van der Waals surface area contributed by atoms with Gasteiger partial charge in [-0.15, -0.1) is 11.3 Å². The maximum absolute atomic E-state index is 12.5. The Balaban J connectivity index is 1.71. The van der Waals surface area contributed by atoms with Crippen LogP contribution >= 0.6 is 11.3 Å². The zero-order valence-electron chi connectivity index (χ0n) is 13.9. The van der Waals surface area contributed by atoms with Gasteiger partial charge in [0.2, 0.25) is 0 Å². The van der Waals surface area contributed by atoms with Crippen molar-refractivity contribution < 1.29 is 23.8 Å². The van der Waals surface area contributed by atoms with Gasteiger partial charge in [0, 0.05) is 24.8 Å². The minimum Gasteiger partial charge on any atom is -0.459 e. The Morgan fingerprint density at radius 2 is 2.25 bits per heavy atom. The number of rotatable bonds is 6. The number of unbranched alkanes of at least 4 members (excludes halogenated alkanes) is 1. The molecule has 3 heterocycles. The Bertz CT molecular complexity index is 648. The van der Waals surface area contributed by atoms with Gasteiger partial charge in [0.05, 0.1) is 12.3 Å². The third-order valence-electron chi connectivity index (χ3n) is 4.60. The highest BCUT2D eigenvalue weighted by atomic mass is 32.1. The SMILES string of the molecule is CCCCOC[C@@H]1C[C@]2(C[C@@](C)(c3csc(N)n3)OC2=O)C(=O)O1. The largest absolute Gasteiger partial charge is 0.459 e. The van der Waals surface area contributed by atoms with Crippen LogP contribution in [0, 0.1) is 5.41 Å². The van der Waals surface area contributed by atoms with Crippen LogP contribution in [0.1, 0.15) is 45.2 Å². The van der Waals surface area contributed by atoms with Gasteiger partial charge in [0.1, 0.15) is 6.10 Å². The van der Waals surface area contributed by atoms with Gasteiger partial charge in [-0.2, -0.15) is 0 Å². The Kier molecular flexibility index (Phi) is 4.52. The number of hydrogen-bond donors (Lipinski definition) is 1. The Hall–Kier alpha value is -1.67. The molecular weight excluding hydrogens is 332 g/mol. The summed E-state index contributed by atoms with van der Waals surface area (Å²) in [5, 5.41) is 2.16. The summed E-state index contributed by atoms with van der Waals surface area (Å²) in [4.78, 5) is 29.1. The van der Waals surface area contributed by atoms with Gasteiger partial charge < -0.3 is 19.9 Å². The van der Waals surface area contributed by atoms with E-state index in [1.54, 1.807) is 12.3 Å². The van der Waals surface area contributed by atoms with Gasteiger partial charge in [-0.1, -0.05) is 13.3 Å². The molecule has 24 heavy (non-hydrogen) atoms. The van der Waals surface area contributed by atoms with Crippen LogP contribution < -0.4 is 5.73 Å². The van der Waals surface area contributed by atoms with E-state index in [1.165, 1.54) is 11.3 Å². The molecule has 0 radical (unpaired) electrons. The number of anilines is 1. The van der Waals surface area contributed by atoms with Crippen molar-refractivity contribution in [2.24, 2.45) is 5.41 Å². The lowest BCUT2D eigenvalue weighted by molar-refractivity contribution is -0.160. The molecule has 132 valence electrons. The second-order valence-corrected chi connectivity index (χ2v) is 7.50. The lowest BCUT2D eigenvalue weighted by atomic mass is 9.78. The highest BCUT2D eigenvalue weighted by Crippen LogP contribution is 2.52. The average Bonchev–Trinajstić information content (AvgIpc) is 3.16. The van der Waals surface area contributed by atoms with Crippen LogP contribution in [0.3, 0.4) is 0 Å². The molecule has 2 fully saturated rings. The second kappa shape index (κ2) is 6.33. The van der Waals surface area contributed by atoms with Gasteiger partial charge in [0.25, 0.3) is 0 Å². The summed E-state index contributed by atoms with van der Waals surface area (Å²) in [5.74, 6) is -1.07. The van der Waals surface area contributed by atoms with E-state index in [0.717, 1.165) is 12.8 Å².